The van der Waals surface area contributed by atoms with Crippen LogP contribution in [0.15, 0.2) is 65.6 Å². The van der Waals surface area contributed by atoms with Gasteiger partial charge in [-0.05, 0) is 36.2 Å². The lowest BCUT2D eigenvalue weighted by molar-refractivity contribution is 0.416. The van der Waals surface area contributed by atoms with Crippen LogP contribution in [0.4, 0.5) is 5.69 Å². The van der Waals surface area contributed by atoms with Gasteiger partial charge in [0.05, 0.1) is 13.7 Å². The maximum Gasteiger partial charge on any atom is 0.252 e. The number of hydrogen-bond donors (Lipinski definition) is 1. The molecule has 122 valence electrons. The first-order chi connectivity index (χ1) is 11.6. The largest absolute Gasteiger partial charge is 0.496 e. The summed E-state index contributed by atoms with van der Waals surface area (Å²) in [5.74, 6) is 0.814. The van der Waals surface area contributed by atoms with Gasteiger partial charge < -0.3 is 15.0 Å². The van der Waals surface area contributed by atoms with Gasteiger partial charge in [-0.15, -0.1) is 0 Å². The molecule has 0 aliphatic carbocycles. The zero-order valence-corrected chi connectivity index (χ0v) is 13.8. The summed E-state index contributed by atoms with van der Waals surface area (Å²) in [6.45, 7) is 2.55. The van der Waals surface area contributed by atoms with Crippen LogP contribution in [0.3, 0.4) is 0 Å². The Kier molecular flexibility index (Phi) is 4.38. The van der Waals surface area contributed by atoms with Gasteiger partial charge in [-0.25, -0.2) is 0 Å². The molecule has 0 aliphatic heterocycles. The minimum atomic E-state index is -0.108. The summed E-state index contributed by atoms with van der Waals surface area (Å²) in [4.78, 5) is 12.0. The minimum Gasteiger partial charge on any atom is -0.496 e. The van der Waals surface area contributed by atoms with Crippen LogP contribution in [-0.2, 0) is 6.54 Å². The van der Waals surface area contributed by atoms with Gasteiger partial charge in [-0.1, -0.05) is 35.9 Å². The molecule has 3 rings (SSSR count). The van der Waals surface area contributed by atoms with Crippen LogP contribution in [0.1, 0.15) is 11.1 Å². The number of benzene rings is 2. The predicted octanol–water partition coefficient (Wildman–Crippen LogP) is 3.46. The van der Waals surface area contributed by atoms with Crippen LogP contribution in [0.2, 0.25) is 0 Å². The zero-order chi connectivity index (χ0) is 17.1. The van der Waals surface area contributed by atoms with E-state index in [1.54, 1.807) is 23.9 Å². The van der Waals surface area contributed by atoms with Gasteiger partial charge in [0.2, 0.25) is 0 Å². The van der Waals surface area contributed by atoms with E-state index >= 15 is 0 Å². The number of ether oxygens (including phenoxy) is 1. The summed E-state index contributed by atoms with van der Waals surface area (Å²) >= 11 is 0. The van der Waals surface area contributed by atoms with Gasteiger partial charge in [0.25, 0.3) is 5.56 Å². The van der Waals surface area contributed by atoms with E-state index in [0.29, 0.717) is 12.2 Å². The lowest BCUT2D eigenvalue weighted by Gasteiger charge is -2.13. The number of nitrogens with two attached hydrogens (primary N) is 1. The summed E-state index contributed by atoms with van der Waals surface area (Å²) < 4.78 is 7.14. The third kappa shape index (κ3) is 3.33. The Morgan fingerprint density at radius 3 is 2.62 bits per heavy atom. The van der Waals surface area contributed by atoms with Gasteiger partial charge in [-0.3, -0.25) is 4.79 Å². The fourth-order valence-electron chi connectivity index (χ4n) is 2.74. The zero-order valence-electron chi connectivity index (χ0n) is 13.8. The van der Waals surface area contributed by atoms with Gasteiger partial charge in [0.1, 0.15) is 5.75 Å². The standard InChI is InChI=1S/C20H20N2O2/c1-14-4-3-5-16(10-14)18-11-15(6-7-19(18)24-2)13-22-9-8-17(21)12-20(22)23/h3-12H,13,21H2,1-2H3. The average Bonchev–Trinajstić information content (AvgIpc) is 2.57. The van der Waals surface area contributed by atoms with E-state index in [-0.39, 0.29) is 5.56 Å². The van der Waals surface area contributed by atoms with Crippen LogP contribution >= 0.6 is 0 Å². The Labute approximate surface area is 141 Å². The molecule has 0 spiro atoms. The molecule has 2 aromatic carbocycles. The Morgan fingerprint density at radius 1 is 1.08 bits per heavy atom. The van der Waals surface area contributed by atoms with Crippen molar-refractivity contribution in [3.05, 3.63) is 82.3 Å². The number of rotatable bonds is 4. The number of anilines is 1. The number of nitrogens with zero attached hydrogens (tertiary/aromatic N) is 1. The smallest absolute Gasteiger partial charge is 0.252 e. The molecule has 0 amide bonds. The molecule has 2 N–H and O–H groups in total. The van der Waals surface area contributed by atoms with E-state index in [4.69, 9.17) is 10.5 Å². The summed E-state index contributed by atoms with van der Waals surface area (Å²) in [6.07, 6.45) is 1.72. The van der Waals surface area contributed by atoms with Crippen LogP contribution in [0, 0.1) is 6.92 Å². The predicted molar refractivity (Wildman–Crippen MR) is 97.4 cm³/mol. The fraction of sp³-hybridized carbons (Fsp3) is 0.150. The van der Waals surface area contributed by atoms with Gasteiger partial charge in [0.15, 0.2) is 0 Å². The van der Waals surface area contributed by atoms with E-state index in [2.05, 4.69) is 31.2 Å². The molecule has 1 aromatic heterocycles. The third-order valence-corrected chi connectivity index (χ3v) is 3.97. The lowest BCUT2D eigenvalue weighted by Crippen LogP contribution is -2.19. The number of methoxy groups -OCH3 is 1. The molecule has 0 radical (unpaired) electrons. The second kappa shape index (κ2) is 6.62. The Morgan fingerprint density at radius 2 is 1.92 bits per heavy atom. The second-order valence-electron chi connectivity index (χ2n) is 5.83. The molecular weight excluding hydrogens is 300 g/mol. The monoisotopic (exact) mass is 320 g/mol. The maximum atomic E-state index is 12.0. The molecule has 4 heteroatoms. The number of pyridine rings is 1. The van der Waals surface area contributed by atoms with Crippen molar-refractivity contribution < 1.29 is 4.74 Å². The molecule has 0 unspecified atom stereocenters. The van der Waals surface area contributed by atoms with Crippen LogP contribution in [0.25, 0.3) is 11.1 Å². The maximum absolute atomic E-state index is 12.0. The number of aromatic nitrogens is 1. The van der Waals surface area contributed by atoms with E-state index in [0.717, 1.165) is 22.4 Å². The highest BCUT2D eigenvalue weighted by Gasteiger charge is 2.08. The number of nitrogen functional groups attached to an aromatic ring is 1. The van der Waals surface area contributed by atoms with Crippen molar-refractivity contribution in [1.29, 1.82) is 0 Å². The first kappa shape index (κ1) is 15.9. The van der Waals surface area contributed by atoms with E-state index < -0.39 is 0 Å². The molecule has 24 heavy (non-hydrogen) atoms. The van der Waals surface area contributed by atoms with Crippen molar-refractivity contribution in [3.63, 3.8) is 0 Å². The molecule has 1 heterocycles. The molecule has 0 fully saturated rings. The van der Waals surface area contributed by atoms with Gasteiger partial charge >= 0.3 is 0 Å². The first-order valence-electron chi connectivity index (χ1n) is 7.77. The van der Waals surface area contributed by atoms with Gasteiger partial charge in [0, 0.05) is 23.5 Å². The Hall–Kier alpha value is -3.01. The normalized spacial score (nSPS) is 10.6. The number of hydrogen-bond acceptors (Lipinski definition) is 3. The highest BCUT2D eigenvalue weighted by Crippen LogP contribution is 2.31. The van der Waals surface area contributed by atoms with E-state index in [1.807, 2.05) is 18.2 Å². The van der Waals surface area contributed by atoms with Gasteiger partial charge in [-0.2, -0.15) is 0 Å². The first-order valence-corrected chi connectivity index (χ1v) is 7.77. The highest BCUT2D eigenvalue weighted by atomic mass is 16.5. The number of aryl methyl sites for hydroxylation is 1. The molecule has 0 saturated carbocycles. The minimum absolute atomic E-state index is 0.108. The molecule has 0 saturated heterocycles. The van der Waals surface area contributed by atoms with Crippen molar-refractivity contribution in [1.82, 2.24) is 4.57 Å². The lowest BCUT2D eigenvalue weighted by atomic mass is 10.00. The molecule has 4 nitrogen and oxygen atoms in total. The van der Waals surface area contributed by atoms with Crippen LogP contribution in [0.5, 0.6) is 5.75 Å². The van der Waals surface area contributed by atoms with Crippen LogP contribution in [-0.4, -0.2) is 11.7 Å². The third-order valence-electron chi connectivity index (χ3n) is 3.97. The molecule has 0 atom stereocenters. The Bertz CT molecular complexity index is 929. The van der Waals surface area contributed by atoms with Crippen molar-refractivity contribution >= 4 is 5.69 Å². The summed E-state index contributed by atoms with van der Waals surface area (Å²) in [5, 5.41) is 0. The fourth-order valence-corrected chi connectivity index (χ4v) is 2.74. The molecular formula is C20H20N2O2. The second-order valence-corrected chi connectivity index (χ2v) is 5.83. The van der Waals surface area contributed by atoms with Crippen molar-refractivity contribution in [2.24, 2.45) is 0 Å². The van der Waals surface area contributed by atoms with Crippen molar-refractivity contribution in [3.8, 4) is 16.9 Å². The van der Waals surface area contributed by atoms with E-state index in [9.17, 15) is 4.79 Å². The Balaban J connectivity index is 2.01. The topological polar surface area (TPSA) is 57.2 Å². The highest BCUT2D eigenvalue weighted by molar-refractivity contribution is 5.71. The SMILES string of the molecule is COc1ccc(Cn2ccc(N)cc2=O)cc1-c1cccc(C)c1. The van der Waals surface area contributed by atoms with Crippen LogP contribution < -0.4 is 16.0 Å². The quantitative estimate of drug-likeness (QED) is 0.801. The van der Waals surface area contributed by atoms with Crippen molar-refractivity contribution in [2.75, 3.05) is 12.8 Å². The molecule has 0 bridgehead atoms. The summed E-state index contributed by atoms with van der Waals surface area (Å²) in [5.41, 5.74) is 10.3. The molecule has 3 aromatic rings. The van der Waals surface area contributed by atoms with E-state index in [1.165, 1.54) is 11.6 Å². The summed E-state index contributed by atoms with van der Waals surface area (Å²) in [6, 6.07) is 17.4. The average molecular weight is 320 g/mol. The van der Waals surface area contributed by atoms with Crippen molar-refractivity contribution in [2.45, 2.75) is 13.5 Å². The summed E-state index contributed by atoms with van der Waals surface area (Å²) in [7, 11) is 1.67. The molecule has 0 aliphatic rings.